The SMILES string of the molecule is CCNC(=O)Nc1cc(C(=O)NC(CC(=O)O)c2ccc(C)cc2)ccc1N1CCCN(C(=O)CC(C)(C)C)CC1. The van der Waals surface area contributed by atoms with Gasteiger partial charge < -0.3 is 30.9 Å². The summed E-state index contributed by atoms with van der Waals surface area (Å²) in [6.07, 6.45) is 0.980. The second-order valence-electron chi connectivity index (χ2n) is 11.7. The molecule has 0 aliphatic carbocycles. The number of hydrogen-bond acceptors (Lipinski definition) is 5. The molecule has 1 atom stereocenters. The number of anilines is 2. The molecule has 3 rings (SSSR count). The Labute approximate surface area is 242 Å². The minimum absolute atomic E-state index is 0.0911. The summed E-state index contributed by atoms with van der Waals surface area (Å²) < 4.78 is 0. The molecule has 1 aliphatic rings. The van der Waals surface area contributed by atoms with E-state index in [1.807, 2.05) is 43.0 Å². The van der Waals surface area contributed by atoms with Gasteiger partial charge in [0.05, 0.1) is 23.8 Å². The number of rotatable bonds is 9. The van der Waals surface area contributed by atoms with Crippen molar-refractivity contribution in [3.63, 3.8) is 0 Å². The number of amides is 4. The van der Waals surface area contributed by atoms with Crippen molar-refractivity contribution in [1.82, 2.24) is 15.5 Å². The fraction of sp³-hybridized carbons (Fsp3) is 0.484. The van der Waals surface area contributed by atoms with Gasteiger partial charge in [-0.3, -0.25) is 14.4 Å². The van der Waals surface area contributed by atoms with E-state index in [-0.39, 0.29) is 17.7 Å². The average Bonchev–Trinajstić information content (AvgIpc) is 3.14. The highest BCUT2D eigenvalue weighted by atomic mass is 16.4. The first-order valence-corrected chi connectivity index (χ1v) is 14.2. The van der Waals surface area contributed by atoms with Crippen LogP contribution < -0.4 is 20.9 Å². The van der Waals surface area contributed by atoms with Crippen molar-refractivity contribution in [2.75, 3.05) is 42.9 Å². The maximum absolute atomic E-state index is 13.3. The second-order valence-corrected chi connectivity index (χ2v) is 11.7. The van der Waals surface area contributed by atoms with Crippen LogP contribution in [0, 0.1) is 12.3 Å². The van der Waals surface area contributed by atoms with E-state index < -0.39 is 23.9 Å². The van der Waals surface area contributed by atoms with Gasteiger partial charge >= 0.3 is 12.0 Å². The van der Waals surface area contributed by atoms with E-state index >= 15 is 0 Å². The Balaban J connectivity index is 1.84. The molecular weight excluding hydrogens is 522 g/mol. The Morgan fingerprint density at radius 3 is 2.32 bits per heavy atom. The third-order valence-corrected chi connectivity index (χ3v) is 6.88. The third-order valence-electron chi connectivity index (χ3n) is 6.88. The van der Waals surface area contributed by atoms with Gasteiger partial charge in [0.25, 0.3) is 5.91 Å². The summed E-state index contributed by atoms with van der Waals surface area (Å²) in [5.41, 5.74) is 3.13. The average molecular weight is 566 g/mol. The van der Waals surface area contributed by atoms with E-state index in [4.69, 9.17) is 0 Å². The number of hydrogen-bond donors (Lipinski definition) is 4. The van der Waals surface area contributed by atoms with E-state index in [1.165, 1.54) is 0 Å². The van der Waals surface area contributed by atoms with Crippen LogP contribution in [0.4, 0.5) is 16.2 Å². The van der Waals surface area contributed by atoms with Gasteiger partial charge in [-0.1, -0.05) is 50.6 Å². The zero-order chi connectivity index (χ0) is 30.2. The first-order valence-electron chi connectivity index (χ1n) is 14.2. The van der Waals surface area contributed by atoms with Crippen LogP contribution in [-0.2, 0) is 9.59 Å². The lowest BCUT2D eigenvalue weighted by atomic mass is 9.91. The van der Waals surface area contributed by atoms with Gasteiger partial charge in [0.1, 0.15) is 0 Å². The highest BCUT2D eigenvalue weighted by molar-refractivity contribution is 6.00. The number of carbonyl (C=O) groups excluding carboxylic acids is 3. The van der Waals surface area contributed by atoms with E-state index in [2.05, 4.69) is 41.6 Å². The van der Waals surface area contributed by atoms with Gasteiger partial charge in [-0.15, -0.1) is 0 Å². The summed E-state index contributed by atoms with van der Waals surface area (Å²) in [6.45, 7) is 12.8. The minimum atomic E-state index is -1.03. The molecule has 41 heavy (non-hydrogen) atoms. The van der Waals surface area contributed by atoms with Crippen LogP contribution in [0.5, 0.6) is 0 Å². The van der Waals surface area contributed by atoms with Gasteiger partial charge in [0.15, 0.2) is 0 Å². The molecule has 10 heteroatoms. The molecule has 2 aromatic rings. The maximum atomic E-state index is 13.3. The van der Waals surface area contributed by atoms with Crippen molar-refractivity contribution in [1.29, 1.82) is 0 Å². The molecule has 2 aromatic carbocycles. The molecule has 10 nitrogen and oxygen atoms in total. The molecule has 222 valence electrons. The molecule has 4 amide bonds. The van der Waals surface area contributed by atoms with Crippen LogP contribution in [0.1, 0.15) is 74.5 Å². The Morgan fingerprint density at radius 2 is 1.68 bits per heavy atom. The molecule has 4 N–H and O–H groups in total. The third kappa shape index (κ3) is 9.51. The van der Waals surface area contributed by atoms with Crippen molar-refractivity contribution < 1.29 is 24.3 Å². The standard InChI is InChI=1S/C31H43N5O5/c1-6-32-30(41)34-25-18-23(29(40)33-24(19-28(38)39)22-10-8-21(2)9-11-22)12-13-26(25)35-14-7-15-36(17-16-35)27(37)20-31(3,4)5/h8-13,18,24H,6-7,14-17,19-20H2,1-5H3,(H,33,40)(H,38,39)(H2,32,34,41). The molecule has 0 bridgehead atoms. The first kappa shape index (κ1) is 31.4. The Hall–Kier alpha value is -4.08. The normalized spacial score (nSPS) is 14.6. The van der Waals surface area contributed by atoms with Crippen molar-refractivity contribution in [2.24, 2.45) is 5.41 Å². The highest BCUT2D eigenvalue weighted by Crippen LogP contribution is 2.30. The zero-order valence-electron chi connectivity index (χ0n) is 24.8. The number of carboxylic acids is 1. The van der Waals surface area contributed by atoms with Gasteiger partial charge in [-0.25, -0.2) is 4.79 Å². The van der Waals surface area contributed by atoms with Crippen molar-refractivity contribution in [3.8, 4) is 0 Å². The fourth-order valence-electron chi connectivity index (χ4n) is 4.82. The van der Waals surface area contributed by atoms with Gasteiger partial charge in [0, 0.05) is 44.7 Å². The summed E-state index contributed by atoms with van der Waals surface area (Å²) >= 11 is 0. The van der Waals surface area contributed by atoms with Crippen LogP contribution in [0.2, 0.25) is 0 Å². The number of carboxylic acid groups (broad SMARTS) is 1. The summed E-state index contributed by atoms with van der Waals surface area (Å²) in [6, 6.07) is 11.3. The van der Waals surface area contributed by atoms with Gasteiger partial charge in [0.2, 0.25) is 5.91 Å². The number of carbonyl (C=O) groups is 4. The lowest BCUT2D eigenvalue weighted by Gasteiger charge is -2.27. The molecule has 1 saturated heterocycles. The Morgan fingerprint density at radius 1 is 0.976 bits per heavy atom. The number of benzene rings is 2. The summed E-state index contributed by atoms with van der Waals surface area (Å²) in [4.78, 5) is 54.3. The van der Waals surface area contributed by atoms with Crippen molar-refractivity contribution >= 4 is 35.2 Å². The van der Waals surface area contributed by atoms with Crippen LogP contribution >= 0.6 is 0 Å². The molecule has 0 radical (unpaired) electrons. The van der Waals surface area contributed by atoms with E-state index in [0.29, 0.717) is 56.0 Å². The minimum Gasteiger partial charge on any atom is -0.481 e. The van der Waals surface area contributed by atoms with E-state index in [1.54, 1.807) is 18.2 Å². The van der Waals surface area contributed by atoms with Gasteiger partial charge in [-0.2, -0.15) is 0 Å². The molecule has 1 fully saturated rings. The Kier molecular flexibility index (Phi) is 10.7. The summed E-state index contributed by atoms with van der Waals surface area (Å²) in [7, 11) is 0. The quantitative estimate of drug-likeness (QED) is 0.353. The molecule has 0 saturated carbocycles. The molecule has 1 heterocycles. The predicted molar refractivity (Wildman–Crippen MR) is 160 cm³/mol. The van der Waals surface area contributed by atoms with Gasteiger partial charge in [-0.05, 0) is 49.4 Å². The number of urea groups is 1. The van der Waals surface area contributed by atoms with Crippen molar-refractivity contribution in [3.05, 3.63) is 59.2 Å². The molecule has 1 unspecified atom stereocenters. The summed E-state index contributed by atoms with van der Waals surface area (Å²) in [5, 5.41) is 17.9. The Bertz CT molecular complexity index is 1240. The van der Waals surface area contributed by atoms with E-state index in [9.17, 15) is 24.3 Å². The molecule has 0 aromatic heterocycles. The number of aryl methyl sites for hydroxylation is 1. The lowest BCUT2D eigenvalue weighted by molar-refractivity contribution is -0.137. The van der Waals surface area contributed by atoms with Crippen LogP contribution in [0.25, 0.3) is 0 Å². The largest absolute Gasteiger partial charge is 0.481 e. The maximum Gasteiger partial charge on any atom is 0.319 e. The van der Waals surface area contributed by atoms with Crippen molar-refractivity contribution in [2.45, 2.75) is 59.9 Å². The number of nitrogens with one attached hydrogen (secondary N) is 3. The highest BCUT2D eigenvalue weighted by Gasteiger charge is 2.25. The number of aliphatic carboxylic acids is 1. The molecule has 0 spiro atoms. The topological polar surface area (TPSA) is 131 Å². The molecule has 1 aliphatic heterocycles. The first-order chi connectivity index (χ1) is 19.4. The van der Waals surface area contributed by atoms with Crippen LogP contribution in [-0.4, -0.2) is 66.5 Å². The lowest BCUT2D eigenvalue weighted by Crippen LogP contribution is -2.37. The smallest absolute Gasteiger partial charge is 0.319 e. The fourth-order valence-corrected chi connectivity index (χ4v) is 4.82. The second kappa shape index (κ2) is 14.0. The zero-order valence-corrected chi connectivity index (χ0v) is 24.8. The predicted octanol–water partition coefficient (Wildman–Crippen LogP) is 4.56. The van der Waals surface area contributed by atoms with E-state index in [0.717, 1.165) is 17.7 Å². The van der Waals surface area contributed by atoms with Crippen LogP contribution in [0.15, 0.2) is 42.5 Å². The van der Waals surface area contributed by atoms with Crippen LogP contribution in [0.3, 0.4) is 0 Å². The number of nitrogens with zero attached hydrogens (tertiary/aromatic N) is 2. The monoisotopic (exact) mass is 565 g/mol. The molecular formula is C31H43N5O5. The summed E-state index contributed by atoms with van der Waals surface area (Å²) in [5.74, 6) is -1.34.